The third-order valence-electron chi connectivity index (χ3n) is 2.72. The van der Waals surface area contributed by atoms with E-state index in [1.165, 1.54) is 25.3 Å². The van der Waals surface area contributed by atoms with Crippen LogP contribution in [0.5, 0.6) is 5.75 Å². The standard InChI is InChI=1S/C13H19N3O4/c1-8(2)6-10(14)13(17)15-11-5-4-9(20-3)7-12(11)16(18)19/h4-5,7-8,10H,6,14H2,1-3H3,(H,15,17). The Morgan fingerprint density at radius 3 is 2.65 bits per heavy atom. The van der Waals surface area contributed by atoms with Crippen molar-refractivity contribution in [2.45, 2.75) is 26.3 Å². The molecule has 20 heavy (non-hydrogen) atoms. The highest BCUT2D eigenvalue weighted by Gasteiger charge is 2.20. The minimum atomic E-state index is -0.697. The fourth-order valence-corrected chi connectivity index (χ4v) is 1.74. The molecule has 1 aromatic rings. The molecular formula is C13H19N3O4. The largest absolute Gasteiger partial charge is 0.496 e. The Morgan fingerprint density at radius 2 is 2.15 bits per heavy atom. The Bertz CT molecular complexity index is 502. The highest BCUT2D eigenvalue weighted by molar-refractivity contribution is 5.96. The summed E-state index contributed by atoms with van der Waals surface area (Å²) in [6.07, 6.45) is 0.510. The first-order valence-electron chi connectivity index (χ1n) is 6.24. The molecule has 0 radical (unpaired) electrons. The van der Waals surface area contributed by atoms with E-state index in [9.17, 15) is 14.9 Å². The molecule has 0 heterocycles. The molecule has 0 aliphatic heterocycles. The van der Waals surface area contributed by atoms with E-state index in [2.05, 4.69) is 5.32 Å². The summed E-state index contributed by atoms with van der Waals surface area (Å²) in [5, 5.41) is 13.5. The maximum atomic E-state index is 11.9. The predicted octanol–water partition coefficient (Wildman–Crippen LogP) is 1.92. The molecule has 0 fully saturated rings. The van der Waals surface area contributed by atoms with Crippen molar-refractivity contribution in [1.82, 2.24) is 0 Å². The second-order valence-corrected chi connectivity index (χ2v) is 4.87. The molecule has 0 aromatic heterocycles. The van der Waals surface area contributed by atoms with E-state index in [0.717, 1.165) is 0 Å². The van der Waals surface area contributed by atoms with Gasteiger partial charge in [0.1, 0.15) is 11.4 Å². The van der Waals surface area contributed by atoms with Crippen molar-refractivity contribution in [2.75, 3.05) is 12.4 Å². The first kappa shape index (κ1) is 15.9. The lowest BCUT2D eigenvalue weighted by molar-refractivity contribution is -0.384. The molecule has 1 aromatic carbocycles. The molecule has 0 aliphatic rings. The average Bonchev–Trinajstić information content (AvgIpc) is 2.37. The number of carbonyl (C=O) groups excluding carboxylic acids is 1. The van der Waals surface area contributed by atoms with E-state index in [1.54, 1.807) is 0 Å². The van der Waals surface area contributed by atoms with Crippen LogP contribution in [0.4, 0.5) is 11.4 Å². The molecule has 1 amide bonds. The number of nitro groups is 1. The Hall–Kier alpha value is -2.15. The van der Waals surface area contributed by atoms with Crippen LogP contribution in [-0.4, -0.2) is 24.0 Å². The molecule has 7 nitrogen and oxygen atoms in total. The molecule has 0 saturated carbocycles. The zero-order chi connectivity index (χ0) is 15.3. The summed E-state index contributed by atoms with van der Waals surface area (Å²) >= 11 is 0. The molecule has 1 atom stereocenters. The third-order valence-corrected chi connectivity index (χ3v) is 2.72. The summed E-state index contributed by atoms with van der Waals surface area (Å²) in [4.78, 5) is 22.3. The molecule has 110 valence electrons. The number of nitro benzene ring substituents is 1. The Labute approximate surface area is 117 Å². The highest BCUT2D eigenvalue weighted by atomic mass is 16.6. The molecule has 0 bridgehead atoms. The van der Waals surface area contributed by atoms with Crippen molar-refractivity contribution >= 4 is 17.3 Å². The normalized spacial score (nSPS) is 12.1. The van der Waals surface area contributed by atoms with E-state index in [4.69, 9.17) is 10.5 Å². The maximum Gasteiger partial charge on any atom is 0.296 e. The van der Waals surface area contributed by atoms with Crippen molar-refractivity contribution in [3.63, 3.8) is 0 Å². The number of ether oxygens (including phenoxy) is 1. The van der Waals surface area contributed by atoms with E-state index < -0.39 is 16.9 Å². The monoisotopic (exact) mass is 281 g/mol. The second-order valence-electron chi connectivity index (χ2n) is 4.87. The zero-order valence-electron chi connectivity index (χ0n) is 11.8. The molecule has 0 saturated heterocycles. The van der Waals surface area contributed by atoms with Crippen molar-refractivity contribution in [3.8, 4) is 5.75 Å². The van der Waals surface area contributed by atoms with Crippen LogP contribution in [0.15, 0.2) is 18.2 Å². The van der Waals surface area contributed by atoms with E-state index in [1.807, 2.05) is 13.8 Å². The molecular weight excluding hydrogens is 262 g/mol. The summed E-state index contributed by atoms with van der Waals surface area (Å²) in [6, 6.07) is 3.52. The van der Waals surface area contributed by atoms with Crippen LogP contribution in [-0.2, 0) is 4.79 Å². The van der Waals surface area contributed by atoms with Crippen molar-refractivity contribution in [3.05, 3.63) is 28.3 Å². The number of nitrogens with zero attached hydrogens (tertiary/aromatic N) is 1. The van der Waals surface area contributed by atoms with Crippen LogP contribution in [0, 0.1) is 16.0 Å². The smallest absolute Gasteiger partial charge is 0.296 e. The lowest BCUT2D eigenvalue weighted by Gasteiger charge is -2.14. The molecule has 3 N–H and O–H groups in total. The van der Waals surface area contributed by atoms with Gasteiger partial charge in [0.25, 0.3) is 5.69 Å². The lowest BCUT2D eigenvalue weighted by Crippen LogP contribution is -2.36. The summed E-state index contributed by atoms with van der Waals surface area (Å²) in [6.45, 7) is 3.89. The fourth-order valence-electron chi connectivity index (χ4n) is 1.74. The van der Waals surface area contributed by atoms with Gasteiger partial charge in [-0.3, -0.25) is 14.9 Å². The minimum absolute atomic E-state index is 0.111. The number of amides is 1. The highest BCUT2D eigenvalue weighted by Crippen LogP contribution is 2.29. The van der Waals surface area contributed by atoms with Crippen LogP contribution in [0.2, 0.25) is 0 Å². The van der Waals surface area contributed by atoms with Gasteiger partial charge >= 0.3 is 0 Å². The average molecular weight is 281 g/mol. The minimum Gasteiger partial charge on any atom is -0.496 e. The van der Waals surface area contributed by atoms with Gasteiger partial charge in [0.05, 0.1) is 24.1 Å². The van der Waals surface area contributed by atoms with Gasteiger partial charge in [-0.25, -0.2) is 0 Å². The number of benzene rings is 1. The summed E-state index contributed by atoms with van der Waals surface area (Å²) in [5.74, 6) is 0.176. The summed E-state index contributed by atoms with van der Waals surface area (Å²) < 4.78 is 4.92. The number of hydrogen-bond donors (Lipinski definition) is 2. The lowest BCUT2D eigenvalue weighted by atomic mass is 10.0. The maximum absolute atomic E-state index is 11.9. The SMILES string of the molecule is COc1ccc(NC(=O)C(N)CC(C)C)c([N+](=O)[O-])c1. The zero-order valence-corrected chi connectivity index (χ0v) is 11.8. The Kier molecular flexibility index (Phi) is 5.45. The topological polar surface area (TPSA) is 107 Å². The first-order valence-corrected chi connectivity index (χ1v) is 6.24. The number of nitrogens with two attached hydrogens (primary N) is 1. The van der Waals surface area contributed by atoms with Gasteiger partial charge in [-0.05, 0) is 24.5 Å². The number of rotatable bonds is 6. The quantitative estimate of drug-likeness (QED) is 0.611. The van der Waals surface area contributed by atoms with Gasteiger partial charge < -0.3 is 15.8 Å². The Balaban J connectivity index is 2.91. The van der Waals surface area contributed by atoms with E-state index in [-0.39, 0.29) is 17.3 Å². The molecule has 1 rings (SSSR count). The van der Waals surface area contributed by atoms with Crippen molar-refractivity contribution in [2.24, 2.45) is 11.7 Å². The van der Waals surface area contributed by atoms with Crippen LogP contribution < -0.4 is 15.8 Å². The van der Waals surface area contributed by atoms with Gasteiger partial charge in [-0.15, -0.1) is 0 Å². The number of carbonyl (C=O) groups is 1. The molecule has 0 spiro atoms. The number of anilines is 1. The van der Waals surface area contributed by atoms with Gasteiger partial charge in [-0.2, -0.15) is 0 Å². The molecule has 0 aliphatic carbocycles. The van der Waals surface area contributed by atoms with Crippen LogP contribution >= 0.6 is 0 Å². The summed E-state index contributed by atoms with van der Waals surface area (Å²) in [7, 11) is 1.41. The number of nitrogens with one attached hydrogen (secondary N) is 1. The van der Waals surface area contributed by atoms with Gasteiger partial charge in [-0.1, -0.05) is 13.8 Å². The van der Waals surface area contributed by atoms with Gasteiger partial charge in [0.15, 0.2) is 0 Å². The van der Waals surface area contributed by atoms with Crippen LogP contribution in [0.1, 0.15) is 20.3 Å². The predicted molar refractivity (Wildman–Crippen MR) is 75.7 cm³/mol. The first-order chi connectivity index (χ1) is 9.35. The van der Waals surface area contributed by atoms with Gasteiger partial charge in [0.2, 0.25) is 5.91 Å². The van der Waals surface area contributed by atoms with Crippen molar-refractivity contribution < 1.29 is 14.5 Å². The van der Waals surface area contributed by atoms with Crippen LogP contribution in [0.25, 0.3) is 0 Å². The molecule has 7 heteroatoms. The van der Waals surface area contributed by atoms with E-state index in [0.29, 0.717) is 12.2 Å². The Morgan fingerprint density at radius 1 is 1.50 bits per heavy atom. The fraction of sp³-hybridized carbons (Fsp3) is 0.462. The third kappa shape index (κ3) is 4.20. The number of methoxy groups -OCH3 is 1. The molecule has 1 unspecified atom stereocenters. The van der Waals surface area contributed by atoms with Crippen LogP contribution in [0.3, 0.4) is 0 Å². The van der Waals surface area contributed by atoms with E-state index >= 15 is 0 Å². The number of hydrogen-bond acceptors (Lipinski definition) is 5. The summed E-state index contributed by atoms with van der Waals surface area (Å²) in [5.41, 5.74) is 5.63. The van der Waals surface area contributed by atoms with Crippen molar-refractivity contribution in [1.29, 1.82) is 0 Å². The second kappa shape index (κ2) is 6.85. The van der Waals surface area contributed by atoms with Gasteiger partial charge in [0, 0.05) is 0 Å².